The van der Waals surface area contributed by atoms with Gasteiger partial charge < -0.3 is 9.80 Å². The van der Waals surface area contributed by atoms with Crippen molar-refractivity contribution in [2.75, 3.05) is 57.3 Å². The van der Waals surface area contributed by atoms with Gasteiger partial charge in [-0.05, 0) is 56.5 Å². The summed E-state index contributed by atoms with van der Waals surface area (Å²) in [5.74, 6) is 0.00776. The average Bonchev–Trinajstić information content (AvgIpc) is 2.84. The van der Waals surface area contributed by atoms with E-state index in [0.717, 1.165) is 24.9 Å². The summed E-state index contributed by atoms with van der Waals surface area (Å²) in [6.45, 7) is 6.50. The van der Waals surface area contributed by atoms with E-state index in [9.17, 15) is 17.6 Å². The number of piperidine rings is 1. The smallest absolute Gasteiger partial charge is 0.240 e. The number of carbonyl (C=O) groups excluding carboxylic acids is 1. The maximum absolute atomic E-state index is 14.1. The van der Waals surface area contributed by atoms with Crippen molar-refractivity contribution < 1.29 is 17.6 Å². The van der Waals surface area contributed by atoms with Crippen molar-refractivity contribution in [3.63, 3.8) is 0 Å². The zero-order chi connectivity index (χ0) is 24.1. The molecule has 1 N–H and O–H groups in total. The third-order valence-corrected chi connectivity index (χ3v) is 8.12. The topological polar surface area (TPSA) is 73.0 Å². The van der Waals surface area contributed by atoms with Crippen molar-refractivity contribution in [1.82, 2.24) is 14.5 Å². The number of aryl methyl sites for hydroxylation is 1. The first-order valence-corrected chi connectivity index (χ1v) is 13.4. The Hall–Kier alpha value is -2.49. The molecule has 2 aromatic rings. The van der Waals surface area contributed by atoms with E-state index in [2.05, 4.69) is 9.62 Å². The predicted octanol–water partition coefficient (Wildman–Crippen LogP) is 2.47. The van der Waals surface area contributed by atoms with Crippen LogP contribution in [0.3, 0.4) is 0 Å². The number of carbonyl (C=O) groups is 1. The third kappa shape index (κ3) is 6.14. The second kappa shape index (κ2) is 10.8. The molecule has 7 nitrogen and oxygen atoms in total. The number of likely N-dealkylation sites (tertiary alicyclic amines) is 1. The van der Waals surface area contributed by atoms with Crippen molar-refractivity contribution in [1.29, 1.82) is 0 Å². The van der Waals surface area contributed by atoms with Crippen molar-refractivity contribution >= 4 is 21.6 Å². The second-order valence-corrected chi connectivity index (χ2v) is 11.0. The molecule has 0 aliphatic carbocycles. The zero-order valence-electron chi connectivity index (χ0n) is 19.6. The van der Waals surface area contributed by atoms with Gasteiger partial charge in [0.05, 0.1) is 17.1 Å². The Kier molecular flexibility index (Phi) is 7.85. The molecule has 2 aromatic carbocycles. The first-order chi connectivity index (χ1) is 16.3. The van der Waals surface area contributed by atoms with Crippen LogP contribution in [-0.2, 0) is 14.8 Å². The van der Waals surface area contributed by atoms with E-state index < -0.39 is 10.0 Å². The predicted molar refractivity (Wildman–Crippen MR) is 131 cm³/mol. The van der Waals surface area contributed by atoms with Crippen LogP contribution in [0.25, 0.3) is 0 Å². The van der Waals surface area contributed by atoms with Crippen LogP contribution < -0.4 is 9.62 Å². The number of anilines is 1. The molecular formula is C25H33FN4O3S. The van der Waals surface area contributed by atoms with Gasteiger partial charge in [-0.3, -0.25) is 9.69 Å². The fraction of sp³-hybridized carbons (Fsp3) is 0.480. The number of amides is 1. The minimum absolute atomic E-state index is 0.0778. The summed E-state index contributed by atoms with van der Waals surface area (Å²) in [5.41, 5.74) is 1.60. The number of nitrogens with zero attached hydrogens (tertiary/aromatic N) is 3. The Balaban J connectivity index is 1.24. The van der Waals surface area contributed by atoms with Crippen LogP contribution in [-0.4, -0.2) is 76.5 Å². The van der Waals surface area contributed by atoms with E-state index in [1.165, 1.54) is 6.07 Å². The number of piperazine rings is 1. The van der Waals surface area contributed by atoms with Crippen molar-refractivity contribution in [2.45, 2.75) is 24.7 Å². The number of hydrogen-bond donors (Lipinski definition) is 1. The summed E-state index contributed by atoms with van der Waals surface area (Å²) in [5, 5.41) is 0. The van der Waals surface area contributed by atoms with Gasteiger partial charge in [0.25, 0.3) is 0 Å². The van der Waals surface area contributed by atoms with Gasteiger partial charge in [0, 0.05) is 39.3 Å². The Morgan fingerprint density at radius 2 is 1.74 bits per heavy atom. The molecule has 2 fully saturated rings. The molecule has 2 heterocycles. The molecule has 0 radical (unpaired) electrons. The number of hydrogen-bond acceptors (Lipinski definition) is 5. The number of halogens is 1. The summed E-state index contributed by atoms with van der Waals surface area (Å²) in [7, 11) is -3.54. The third-order valence-electron chi connectivity index (χ3n) is 6.68. The summed E-state index contributed by atoms with van der Waals surface area (Å²) in [4.78, 5) is 19.1. The van der Waals surface area contributed by atoms with E-state index in [1.807, 2.05) is 22.8 Å². The standard InChI is InChI=1S/C25H33FN4O3S/c1-20-8-10-22(11-9-20)34(32,33)27-17-21-5-4-12-28(18-21)19-25(31)30-15-13-29(14-16-30)24-7-3-2-6-23(24)26/h2-3,6-11,21,27H,4-5,12-19H2,1H3. The maximum atomic E-state index is 14.1. The summed E-state index contributed by atoms with van der Waals surface area (Å²) >= 11 is 0. The van der Waals surface area contributed by atoms with Crippen LogP contribution in [0.2, 0.25) is 0 Å². The van der Waals surface area contributed by atoms with Crippen LogP contribution in [0.4, 0.5) is 10.1 Å². The zero-order valence-corrected chi connectivity index (χ0v) is 20.4. The number of sulfonamides is 1. The molecule has 1 atom stereocenters. The van der Waals surface area contributed by atoms with Crippen LogP contribution in [0.1, 0.15) is 18.4 Å². The molecule has 184 valence electrons. The van der Waals surface area contributed by atoms with E-state index in [4.69, 9.17) is 0 Å². The summed E-state index contributed by atoms with van der Waals surface area (Å²) < 4.78 is 42.0. The number of rotatable bonds is 7. The normalized spacial score (nSPS) is 19.9. The largest absolute Gasteiger partial charge is 0.366 e. The lowest BCUT2D eigenvalue weighted by Gasteiger charge is -2.38. The van der Waals surface area contributed by atoms with Crippen molar-refractivity contribution in [2.24, 2.45) is 5.92 Å². The molecule has 34 heavy (non-hydrogen) atoms. The van der Waals surface area contributed by atoms with Gasteiger partial charge in [0.1, 0.15) is 5.82 Å². The lowest BCUT2D eigenvalue weighted by molar-refractivity contribution is -0.133. The fourth-order valence-corrected chi connectivity index (χ4v) is 5.80. The van der Waals surface area contributed by atoms with Crippen LogP contribution in [0.5, 0.6) is 0 Å². The molecule has 2 saturated heterocycles. The van der Waals surface area contributed by atoms with Gasteiger partial charge in [-0.15, -0.1) is 0 Å². The fourth-order valence-electron chi connectivity index (χ4n) is 4.69. The summed E-state index contributed by atoms with van der Waals surface area (Å²) in [6.07, 6.45) is 1.87. The first kappa shape index (κ1) is 24.6. The highest BCUT2D eigenvalue weighted by molar-refractivity contribution is 7.89. The van der Waals surface area contributed by atoms with E-state index in [1.54, 1.807) is 36.4 Å². The maximum Gasteiger partial charge on any atom is 0.240 e. The Bertz CT molecular complexity index is 1090. The van der Waals surface area contributed by atoms with E-state index in [-0.39, 0.29) is 22.5 Å². The van der Waals surface area contributed by atoms with Gasteiger partial charge in [-0.1, -0.05) is 29.8 Å². The minimum atomic E-state index is -3.54. The van der Waals surface area contributed by atoms with Gasteiger partial charge in [0.15, 0.2) is 0 Å². The molecule has 2 aliphatic heterocycles. The Labute approximate surface area is 201 Å². The summed E-state index contributed by atoms with van der Waals surface area (Å²) in [6, 6.07) is 13.6. The monoisotopic (exact) mass is 488 g/mol. The molecular weight excluding hydrogens is 455 g/mol. The van der Waals surface area contributed by atoms with Crippen LogP contribution >= 0.6 is 0 Å². The quantitative estimate of drug-likeness (QED) is 0.648. The van der Waals surface area contributed by atoms with Gasteiger partial charge in [-0.2, -0.15) is 0 Å². The lowest BCUT2D eigenvalue weighted by Crippen LogP contribution is -2.52. The van der Waals surface area contributed by atoms with Gasteiger partial charge in [0.2, 0.25) is 15.9 Å². The minimum Gasteiger partial charge on any atom is -0.366 e. The van der Waals surface area contributed by atoms with Gasteiger partial charge >= 0.3 is 0 Å². The lowest BCUT2D eigenvalue weighted by atomic mass is 9.98. The highest BCUT2D eigenvalue weighted by atomic mass is 32.2. The van der Waals surface area contributed by atoms with E-state index in [0.29, 0.717) is 51.5 Å². The molecule has 0 aromatic heterocycles. The Morgan fingerprint density at radius 3 is 2.44 bits per heavy atom. The molecule has 0 spiro atoms. The van der Waals surface area contributed by atoms with E-state index >= 15 is 0 Å². The number of benzene rings is 2. The highest BCUT2D eigenvalue weighted by Gasteiger charge is 2.27. The molecule has 0 saturated carbocycles. The first-order valence-electron chi connectivity index (χ1n) is 11.9. The van der Waals surface area contributed by atoms with Crippen molar-refractivity contribution in [3.05, 3.63) is 59.9 Å². The molecule has 0 bridgehead atoms. The molecule has 2 aliphatic rings. The van der Waals surface area contributed by atoms with Crippen molar-refractivity contribution in [3.8, 4) is 0 Å². The Morgan fingerprint density at radius 1 is 1.03 bits per heavy atom. The molecule has 9 heteroatoms. The van der Waals surface area contributed by atoms with Crippen LogP contribution in [0, 0.1) is 18.7 Å². The highest BCUT2D eigenvalue weighted by Crippen LogP contribution is 2.21. The van der Waals surface area contributed by atoms with Gasteiger partial charge in [-0.25, -0.2) is 17.5 Å². The SMILES string of the molecule is Cc1ccc(S(=O)(=O)NCC2CCCN(CC(=O)N3CCN(c4ccccc4F)CC3)C2)cc1. The second-order valence-electron chi connectivity index (χ2n) is 9.23. The van der Waals surface area contributed by atoms with Crippen LogP contribution in [0.15, 0.2) is 53.4 Å². The molecule has 4 rings (SSSR count). The number of nitrogens with one attached hydrogen (secondary N) is 1. The molecule has 1 amide bonds. The average molecular weight is 489 g/mol. The number of para-hydroxylation sites is 1. The molecule has 1 unspecified atom stereocenters.